The molecule has 0 aromatic heterocycles. The first-order valence-corrected chi connectivity index (χ1v) is 9.35. The lowest BCUT2D eigenvalue weighted by Gasteiger charge is -2.21. The molecule has 1 heterocycles. The van der Waals surface area contributed by atoms with Gasteiger partial charge >= 0.3 is 5.97 Å². The molecular formula is C24H23ClN2O3. The fourth-order valence-electron chi connectivity index (χ4n) is 3.78. The molecule has 154 valence electrons. The summed E-state index contributed by atoms with van der Waals surface area (Å²) in [5.41, 5.74) is 5.96. The van der Waals surface area contributed by atoms with Crippen molar-refractivity contribution in [3.63, 3.8) is 0 Å². The molecule has 1 aliphatic carbocycles. The molecule has 5 nitrogen and oxygen atoms in total. The average Bonchev–Trinajstić information content (AvgIpc) is 2.70. The molecule has 1 aliphatic heterocycles. The second-order valence-electron chi connectivity index (χ2n) is 7.45. The van der Waals surface area contributed by atoms with Crippen molar-refractivity contribution < 1.29 is 14.3 Å². The van der Waals surface area contributed by atoms with Gasteiger partial charge < -0.3 is 19.8 Å². The van der Waals surface area contributed by atoms with Crippen molar-refractivity contribution in [1.82, 2.24) is 0 Å². The lowest BCUT2D eigenvalue weighted by atomic mass is 9.87. The monoisotopic (exact) mass is 422 g/mol. The van der Waals surface area contributed by atoms with Gasteiger partial charge in [-0.2, -0.15) is 0 Å². The second kappa shape index (κ2) is 7.84. The summed E-state index contributed by atoms with van der Waals surface area (Å²) >= 11 is 0. The lowest BCUT2D eigenvalue weighted by Crippen LogP contribution is -2.11. The summed E-state index contributed by atoms with van der Waals surface area (Å²) in [6.07, 6.45) is 0. The zero-order chi connectivity index (χ0) is 20.9. The zero-order valence-electron chi connectivity index (χ0n) is 17.2. The highest BCUT2D eigenvalue weighted by Gasteiger charge is 2.24. The van der Waals surface area contributed by atoms with Crippen molar-refractivity contribution in [2.45, 2.75) is 13.8 Å². The molecular weight excluding hydrogens is 400 g/mol. The third-order valence-corrected chi connectivity index (χ3v) is 5.51. The van der Waals surface area contributed by atoms with Crippen LogP contribution in [0.2, 0.25) is 0 Å². The van der Waals surface area contributed by atoms with Crippen LogP contribution in [0, 0.1) is 19.3 Å². The van der Waals surface area contributed by atoms with E-state index in [0.717, 1.165) is 33.3 Å². The normalized spacial score (nSPS) is 10.8. The van der Waals surface area contributed by atoms with Gasteiger partial charge in [-0.05, 0) is 48.7 Å². The molecule has 0 radical (unpaired) electrons. The average molecular weight is 423 g/mol. The Kier molecular flexibility index (Phi) is 5.59. The Morgan fingerprint density at radius 1 is 1.00 bits per heavy atom. The number of aromatic carboxylic acids is 1. The predicted octanol–water partition coefficient (Wildman–Crippen LogP) is 5.49. The van der Waals surface area contributed by atoms with Crippen LogP contribution >= 0.6 is 12.4 Å². The van der Waals surface area contributed by atoms with E-state index in [-0.39, 0.29) is 18.0 Å². The Bertz CT molecular complexity index is 1310. The molecule has 0 saturated carbocycles. The molecule has 2 aliphatic rings. The van der Waals surface area contributed by atoms with E-state index in [0.29, 0.717) is 22.3 Å². The van der Waals surface area contributed by atoms with E-state index in [1.54, 1.807) is 18.2 Å². The first-order valence-electron chi connectivity index (χ1n) is 9.35. The highest BCUT2D eigenvalue weighted by molar-refractivity contribution is 6.08. The van der Waals surface area contributed by atoms with Crippen LogP contribution in [-0.2, 0) is 0 Å². The van der Waals surface area contributed by atoms with Crippen molar-refractivity contribution in [2.75, 3.05) is 19.0 Å². The van der Waals surface area contributed by atoms with Gasteiger partial charge in [0.05, 0.1) is 10.9 Å². The van der Waals surface area contributed by atoms with Crippen molar-refractivity contribution >= 4 is 35.0 Å². The molecule has 2 aromatic carbocycles. The summed E-state index contributed by atoms with van der Waals surface area (Å²) in [5, 5.41) is 19.3. The number of nitrogens with one attached hydrogen (secondary N) is 1. The first-order chi connectivity index (χ1) is 13.8. The summed E-state index contributed by atoms with van der Waals surface area (Å²) in [6, 6.07) is 14.7. The number of benzene rings is 3. The van der Waals surface area contributed by atoms with E-state index in [2.05, 4.69) is 0 Å². The standard InChI is InChI=1S/C24H22N2O3.ClH/c1-13-14(2)22-21(12-19(13)25)29-20-11-15(26(3)4)9-10-18(20)23(22)16-7-5-6-8-17(16)24(27)28;/h5-12,25H,1-4H3,(H,27,28);1H. The molecule has 30 heavy (non-hydrogen) atoms. The number of anilines is 1. The molecule has 0 saturated heterocycles. The number of carboxylic acids is 1. The fraction of sp³-hybridized carbons (Fsp3) is 0.167. The van der Waals surface area contributed by atoms with E-state index in [1.165, 1.54) is 0 Å². The lowest BCUT2D eigenvalue weighted by molar-refractivity contribution is 0.0697. The molecule has 0 atom stereocenters. The third kappa shape index (κ3) is 3.31. The Morgan fingerprint density at radius 3 is 2.37 bits per heavy atom. The minimum Gasteiger partial charge on any atom is -0.478 e. The summed E-state index contributed by atoms with van der Waals surface area (Å²) in [5.74, 6) is -0.393. The number of nitrogens with zero attached hydrogens (tertiary/aromatic N) is 1. The molecule has 4 rings (SSSR count). The van der Waals surface area contributed by atoms with Crippen LogP contribution in [0.15, 0.2) is 52.9 Å². The number of hydrogen-bond donors (Lipinski definition) is 2. The van der Waals surface area contributed by atoms with Gasteiger partial charge in [0.25, 0.3) is 0 Å². The van der Waals surface area contributed by atoms with Crippen LogP contribution in [-0.4, -0.2) is 25.2 Å². The number of hydrogen-bond acceptors (Lipinski definition) is 4. The van der Waals surface area contributed by atoms with Crippen molar-refractivity contribution in [2.24, 2.45) is 0 Å². The summed E-state index contributed by atoms with van der Waals surface area (Å²) in [6.45, 7) is 3.86. The number of carbonyl (C=O) groups is 1. The van der Waals surface area contributed by atoms with Gasteiger partial charge in [-0.1, -0.05) is 18.2 Å². The van der Waals surface area contributed by atoms with E-state index in [4.69, 9.17) is 9.83 Å². The molecule has 2 aromatic rings. The van der Waals surface area contributed by atoms with Crippen LogP contribution < -0.4 is 10.3 Å². The Labute approximate surface area is 180 Å². The van der Waals surface area contributed by atoms with E-state index in [1.807, 2.05) is 63.2 Å². The first kappa shape index (κ1) is 21.4. The van der Waals surface area contributed by atoms with E-state index in [9.17, 15) is 9.90 Å². The molecule has 2 N–H and O–H groups in total. The molecule has 6 heteroatoms. The van der Waals surface area contributed by atoms with Gasteiger partial charge in [-0.15, -0.1) is 12.4 Å². The quantitative estimate of drug-likeness (QED) is 0.428. The van der Waals surface area contributed by atoms with Crippen LogP contribution in [0.1, 0.15) is 21.5 Å². The Morgan fingerprint density at radius 2 is 1.70 bits per heavy atom. The van der Waals surface area contributed by atoms with Gasteiger partial charge in [0.15, 0.2) is 0 Å². The van der Waals surface area contributed by atoms with Crippen LogP contribution in [0.25, 0.3) is 33.4 Å². The minimum atomic E-state index is -0.973. The minimum absolute atomic E-state index is 0. The molecule has 0 amide bonds. The summed E-state index contributed by atoms with van der Waals surface area (Å²) in [4.78, 5) is 13.9. The maximum absolute atomic E-state index is 12.0. The van der Waals surface area contributed by atoms with Gasteiger partial charge in [0, 0.05) is 48.4 Å². The highest BCUT2D eigenvalue weighted by atomic mass is 35.5. The Balaban J connectivity index is 0.00000256. The predicted molar refractivity (Wildman–Crippen MR) is 122 cm³/mol. The topological polar surface area (TPSA) is 77.5 Å². The van der Waals surface area contributed by atoms with Crippen LogP contribution in [0.3, 0.4) is 0 Å². The van der Waals surface area contributed by atoms with Crippen LogP contribution in [0.5, 0.6) is 0 Å². The largest absolute Gasteiger partial charge is 0.478 e. The second-order valence-corrected chi connectivity index (χ2v) is 7.45. The molecule has 0 fully saturated rings. The van der Waals surface area contributed by atoms with Crippen molar-refractivity contribution in [3.05, 3.63) is 70.6 Å². The molecule has 0 spiro atoms. The number of halogens is 1. The van der Waals surface area contributed by atoms with E-state index >= 15 is 0 Å². The van der Waals surface area contributed by atoms with E-state index < -0.39 is 5.97 Å². The number of carboxylic acid groups (broad SMARTS) is 1. The summed E-state index contributed by atoms with van der Waals surface area (Å²) in [7, 11) is 3.91. The van der Waals surface area contributed by atoms with Gasteiger partial charge in [-0.3, -0.25) is 0 Å². The zero-order valence-corrected chi connectivity index (χ0v) is 18.1. The SMILES string of the molecule is Cc1c2c(-c3ccccc3C(=O)O)c3ccc(N(C)C)cc3oc-2cc(=N)c1C.Cl. The number of fused-ring (bicyclic) bond motifs is 2. The molecule has 0 bridgehead atoms. The molecule has 0 unspecified atom stereocenters. The smallest absolute Gasteiger partial charge is 0.336 e. The fourth-order valence-corrected chi connectivity index (χ4v) is 3.78. The third-order valence-electron chi connectivity index (χ3n) is 5.51. The maximum atomic E-state index is 12.0. The Hall–Kier alpha value is -3.31. The van der Waals surface area contributed by atoms with Crippen LogP contribution in [0.4, 0.5) is 5.69 Å². The van der Waals surface area contributed by atoms with Gasteiger partial charge in [0.2, 0.25) is 0 Å². The van der Waals surface area contributed by atoms with Crippen molar-refractivity contribution in [1.29, 1.82) is 5.41 Å². The maximum Gasteiger partial charge on any atom is 0.336 e. The van der Waals surface area contributed by atoms with Gasteiger partial charge in [-0.25, -0.2) is 4.79 Å². The van der Waals surface area contributed by atoms with Gasteiger partial charge in [0.1, 0.15) is 11.3 Å². The highest BCUT2D eigenvalue weighted by Crippen LogP contribution is 2.43. The number of rotatable bonds is 3. The summed E-state index contributed by atoms with van der Waals surface area (Å²) < 4.78 is 6.22. The van der Waals surface area contributed by atoms with Crippen molar-refractivity contribution in [3.8, 4) is 22.5 Å².